The number of aryl methyl sites for hydroxylation is 1. The number of nitrogens with one attached hydrogen (secondary N) is 1. The molecule has 2 aromatic rings. The highest BCUT2D eigenvalue weighted by molar-refractivity contribution is 5.92. The van der Waals surface area contributed by atoms with Crippen molar-refractivity contribution in [2.45, 2.75) is 19.9 Å². The molecule has 1 aromatic carbocycles. The summed E-state index contributed by atoms with van der Waals surface area (Å²) in [5, 5.41) is 2.87. The van der Waals surface area contributed by atoms with Crippen LogP contribution in [-0.2, 0) is 13.0 Å². The molecule has 0 radical (unpaired) electrons. The minimum absolute atomic E-state index is 0.189. The molecule has 1 aromatic heterocycles. The quantitative estimate of drug-likeness (QED) is 0.879. The minimum Gasteiger partial charge on any atom is -0.397 e. The molecular formula is C15H17N3O. The minimum atomic E-state index is -0.189. The zero-order valence-corrected chi connectivity index (χ0v) is 10.9. The maximum atomic E-state index is 11.9. The number of hydrogen-bond donors (Lipinski definition) is 2. The van der Waals surface area contributed by atoms with Crippen molar-refractivity contribution in [2.75, 3.05) is 5.73 Å². The number of nitrogens with two attached hydrogens (primary N) is 1. The zero-order chi connectivity index (χ0) is 13.7. The average Bonchev–Trinajstić information content (AvgIpc) is 2.45. The third kappa shape index (κ3) is 3.31. The number of carbonyl (C=O) groups excluding carboxylic acids is 1. The maximum Gasteiger partial charge on any atom is 0.270 e. The molecule has 1 amide bonds. The number of rotatable bonds is 4. The molecule has 4 heteroatoms. The number of carbonyl (C=O) groups is 1. The summed E-state index contributed by atoms with van der Waals surface area (Å²) < 4.78 is 0. The van der Waals surface area contributed by atoms with Crippen LogP contribution in [0.15, 0.2) is 42.6 Å². The largest absolute Gasteiger partial charge is 0.397 e. The van der Waals surface area contributed by atoms with Crippen LogP contribution in [-0.4, -0.2) is 10.9 Å². The summed E-state index contributed by atoms with van der Waals surface area (Å²) in [6.07, 6.45) is 2.43. The van der Waals surface area contributed by atoms with Gasteiger partial charge in [0.25, 0.3) is 5.91 Å². The van der Waals surface area contributed by atoms with Crippen molar-refractivity contribution < 1.29 is 4.79 Å². The lowest BCUT2D eigenvalue weighted by Crippen LogP contribution is -2.24. The predicted octanol–water partition coefficient (Wildman–Crippen LogP) is 2.16. The van der Waals surface area contributed by atoms with Gasteiger partial charge in [-0.3, -0.25) is 4.79 Å². The first-order valence-corrected chi connectivity index (χ1v) is 6.27. The summed E-state index contributed by atoms with van der Waals surface area (Å²) in [7, 11) is 0. The van der Waals surface area contributed by atoms with Crippen LogP contribution in [0, 0.1) is 0 Å². The van der Waals surface area contributed by atoms with Gasteiger partial charge in [0.15, 0.2) is 0 Å². The van der Waals surface area contributed by atoms with Gasteiger partial charge in [0, 0.05) is 6.54 Å². The number of benzene rings is 1. The normalized spacial score (nSPS) is 10.2. The molecule has 0 atom stereocenters. The predicted molar refractivity (Wildman–Crippen MR) is 75.6 cm³/mol. The van der Waals surface area contributed by atoms with Crippen LogP contribution < -0.4 is 11.1 Å². The van der Waals surface area contributed by atoms with Crippen LogP contribution in [0.4, 0.5) is 5.69 Å². The van der Waals surface area contributed by atoms with Crippen molar-refractivity contribution in [3.05, 3.63) is 59.4 Å². The first-order chi connectivity index (χ1) is 9.20. The van der Waals surface area contributed by atoms with Gasteiger partial charge in [-0.1, -0.05) is 31.2 Å². The monoisotopic (exact) mass is 255 g/mol. The van der Waals surface area contributed by atoms with E-state index in [2.05, 4.69) is 23.3 Å². The summed E-state index contributed by atoms with van der Waals surface area (Å²) >= 11 is 0. The van der Waals surface area contributed by atoms with Crippen molar-refractivity contribution in [1.82, 2.24) is 10.3 Å². The smallest absolute Gasteiger partial charge is 0.270 e. The zero-order valence-electron chi connectivity index (χ0n) is 10.9. The summed E-state index contributed by atoms with van der Waals surface area (Å²) in [5.41, 5.74) is 8.84. The van der Waals surface area contributed by atoms with Gasteiger partial charge in [0.1, 0.15) is 5.69 Å². The van der Waals surface area contributed by atoms with Crippen LogP contribution in [0.25, 0.3) is 0 Å². The Morgan fingerprint density at radius 3 is 2.58 bits per heavy atom. The molecule has 0 spiro atoms. The molecule has 0 aliphatic carbocycles. The van der Waals surface area contributed by atoms with Gasteiger partial charge in [-0.2, -0.15) is 0 Å². The second-order valence-corrected chi connectivity index (χ2v) is 4.28. The van der Waals surface area contributed by atoms with Gasteiger partial charge in [0.05, 0.1) is 11.9 Å². The van der Waals surface area contributed by atoms with Crippen molar-refractivity contribution in [3.8, 4) is 0 Å². The Balaban J connectivity index is 2.02. The van der Waals surface area contributed by atoms with Crippen molar-refractivity contribution >= 4 is 11.6 Å². The van der Waals surface area contributed by atoms with E-state index in [-0.39, 0.29) is 5.91 Å². The van der Waals surface area contributed by atoms with Crippen molar-refractivity contribution in [1.29, 1.82) is 0 Å². The van der Waals surface area contributed by atoms with Gasteiger partial charge in [-0.25, -0.2) is 4.98 Å². The summed E-state index contributed by atoms with van der Waals surface area (Å²) in [4.78, 5) is 15.9. The van der Waals surface area contributed by atoms with E-state index in [0.717, 1.165) is 12.0 Å². The second kappa shape index (κ2) is 6.00. The van der Waals surface area contributed by atoms with E-state index < -0.39 is 0 Å². The fourth-order valence-electron chi connectivity index (χ4n) is 1.88. The second-order valence-electron chi connectivity index (χ2n) is 4.28. The summed E-state index contributed by atoms with van der Waals surface area (Å²) in [5.74, 6) is -0.189. The van der Waals surface area contributed by atoms with Gasteiger partial charge in [0.2, 0.25) is 0 Å². The Labute approximate surface area is 112 Å². The molecule has 3 N–H and O–H groups in total. The van der Waals surface area contributed by atoms with Crippen LogP contribution in [0.2, 0.25) is 0 Å². The van der Waals surface area contributed by atoms with E-state index >= 15 is 0 Å². The number of anilines is 1. The Hall–Kier alpha value is -2.36. The molecule has 1 heterocycles. The van der Waals surface area contributed by atoms with Crippen LogP contribution >= 0.6 is 0 Å². The molecule has 0 unspecified atom stereocenters. The molecule has 4 nitrogen and oxygen atoms in total. The highest BCUT2D eigenvalue weighted by Gasteiger charge is 2.07. The maximum absolute atomic E-state index is 11.9. The Morgan fingerprint density at radius 1 is 1.21 bits per heavy atom. The van der Waals surface area contributed by atoms with Crippen molar-refractivity contribution in [3.63, 3.8) is 0 Å². The molecule has 0 aliphatic heterocycles. The molecule has 0 saturated carbocycles. The molecular weight excluding hydrogens is 238 g/mol. The first kappa shape index (κ1) is 13.1. The summed E-state index contributed by atoms with van der Waals surface area (Å²) in [6.45, 7) is 2.61. The Morgan fingerprint density at radius 2 is 1.95 bits per heavy atom. The van der Waals surface area contributed by atoms with E-state index in [1.165, 1.54) is 11.8 Å². The van der Waals surface area contributed by atoms with E-state index in [1.54, 1.807) is 12.1 Å². The highest BCUT2D eigenvalue weighted by Crippen LogP contribution is 2.09. The van der Waals surface area contributed by atoms with Gasteiger partial charge < -0.3 is 11.1 Å². The number of hydrogen-bond acceptors (Lipinski definition) is 3. The van der Waals surface area contributed by atoms with E-state index in [4.69, 9.17) is 5.73 Å². The SMILES string of the molecule is CCc1ccccc1CNC(=O)c1ccc(N)cn1. The summed E-state index contributed by atoms with van der Waals surface area (Å²) in [6, 6.07) is 11.4. The van der Waals surface area contributed by atoms with Gasteiger partial charge in [-0.15, -0.1) is 0 Å². The molecule has 0 saturated heterocycles. The lowest BCUT2D eigenvalue weighted by Gasteiger charge is -2.09. The van der Waals surface area contributed by atoms with Crippen LogP contribution in [0.1, 0.15) is 28.5 Å². The van der Waals surface area contributed by atoms with Crippen molar-refractivity contribution in [2.24, 2.45) is 0 Å². The molecule has 2 rings (SSSR count). The first-order valence-electron chi connectivity index (χ1n) is 6.27. The molecule has 0 bridgehead atoms. The number of nitrogens with zero attached hydrogens (tertiary/aromatic N) is 1. The van der Waals surface area contributed by atoms with E-state index in [1.807, 2.05) is 18.2 Å². The fraction of sp³-hybridized carbons (Fsp3) is 0.200. The number of amides is 1. The van der Waals surface area contributed by atoms with Gasteiger partial charge >= 0.3 is 0 Å². The molecule has 0 aliphatic rings. The van der Waals surface area contributed by atoms with E-state index in [0.29, 0.717) is 17.9 Å². The third-order valence-corrected chi connectivity index (χ3v) is 2.96. The third-order valence-electron chi connectivity index (χ3n) is 2.96. The van der Waals surface area contributed by atoms with Crippen LogP contribution in [0.5, 0.6) is 0 Å². The molecule has 0 fully saturated rings. The number of nitrogen functional groups attached to an aromatic ring is 1. The number of pyridine rings is 1. The van der Waals surface area contributed by atoms with E-state index in [9.17, 15) is 4.79 Å². The average molecular weight is 255 g/mol. The fourth-order valence-corrected chi connectivity index (χ4v) is 1.88. The highest BCUT2D eigenvalue weighted by atomic mass is 16.1. The van der Waals surface area contributed by atoms with Crippen LogP contribution in [0.3, 0.4) is 0 Å². The topological polar surface area (TPSA) is 68.0 Å². The van der Waals surface area contributed by atoms with Gasteiger partial charge in [-0.05, 0) is 29.7 Å². The lowest BCUT2D eigenvalue weighted by atomic mass is 10.1. The lowest BCUT2D eigenvalue weighted by molar-refractivity contribution is 0.0946. The molecule has 98 valence electrons. The Kier molecular flexibility index (Phi) is 4.13. The standard InChI is InChI=1S/C15H17N3O/c1-2-11-5-3-4-6-12(11)9-18-15(19)14-8-7-13(16)10-17-14/h3-8,10H,2,9,16H2,1H3,(H,18,19). The Bertz CT molecular complexity index is 564. The number of aromatic nitrogens is 1. The molecule has 19 heavy (non-hydrogen) atoms.